The highest BCUT2D eigenvalue weighted by Gasteiger charge is 2.08. The van der Waals surface area contributed by atoms with Crippen molar-refractivity contribution in [1.29, 1.82) is 0 Å². The van der Waals surface area contributed by atoms with Crippen molar-refractivity contribution >= 4 is 34.0 Å². The Balaban J connectivity index is 2.16. The number of aromatic nitrogens is 1. The topological polar surface area (TPSA) is 38.1 Å². The summed E-state index contributed by atoms with van der Waals surface area (Å²) in [6, 6.07) is 8.13. The van der Waals surface area contributed by atoms with Crippen molar-refractivity contribution in [3.8, 4) is 0 Å². The lowest BCUT2D eigenvalue weighted by molar-refractivity contribution is 0.591. The van der Waals surface area contributed by atoms with E-state index < -0.39 is 0 Å². The van der Waals surface area contributed by atoms with Crippen LogP contribution in [0, 0.1) is 0 Å². The fourth-order valence-electron chi connectivity index (χ4n) is 2.30. The summed E-state index contributed by atoms with van der Waals surface area (Å²) >= 11 is 0. The van der Waals surface area contributed by atoms with Crippen molar-refractivity contribution in [1.82, 2.24) is 10.3 Å². The maximum absolute atomic E-state index is 5.94. The third-order valence-corrected chi connectivity index (χ3v) is 3.17. The van der Waals surface area contributed by atoms with E-state index in [0.29, 0.717) is 0 Å². The first-order valence-corrected chi connectivity index (χ1v) is 5.82. The fourth-order valence-corrected chi connectivity index (χ4v) is 2.30. The largest absolute Gasteiger partial charge is 0.456 e. The second-order valence-corrected chi connectivity index (χ2v) is 4.25. The molecular formula is C15H10N2O. The minimum atomic E-state index is 0.864. The van der Waals surface area contributed by atoms with Crippen LogP contribution in [0.5, 0.6) is 0 Å². The molecule has 0 atom stereocenters. The van der Waals surface area contributed by atoms with E-state index in [2.05, 4.69) is 16.4 Å². The minimum absolute atomic E-state index is 0.864. The summed E-state index contributed by atoms with van der Waals surface area (Å²) in [5.74, 6) is 0.864. The molecule has 3 heterocycles. The van der Waals surface area contributed by atoms with Gasteiger partial charge in [0.2, 0.25) is 0 Å². The van der Waals surface area contributed by atoms with Gasteiger partial charge >= 0.3 is 0 Å². The van der Waals surface area contributed by atoms with Crippen molar-refractivity contribution in [3.63, 3.8) is 0 Å². The highest BCUT2D eigenvalue weighted by molar-refractivity contribution is 6.05. The van der Waals surface area contributed by atoms with E-state index in [0.717, 1.165) is 33.2 Å². The number of benzene rings is 1. The summed E-state index contributed by atoms with van der Waals surface area (Å²) in [7, 11) is 0. The van der Waals surface area contributed by atoms with Crippen LogP contribution in [0.3, 0.4) is 0 Å². The molecular weight excluding hydrogens is 224 g/mol. The van der Waals surface area contributed by atoms with E-state index in [9.17, 15) is 0 Å². The zero-order chi connectivity index (χ0) is 11.9. The molecule has 0 bridgehead atoms. The molecule has 3 aromatic rings. The Kier molecular flexibility index (Phi) is 1.83. The fraction of sp³-hybridized carbons (Fsp3) is 0. The number of nitrogens with zero attached hydrogens (tertiary/aromatic N) is 1. The van der Waals surface area contributed by atoms with Crippen LogP contribution >= 0.6 is 0 Å². The third kappa shape index (κ3) is 1.27. The van der Waals surface area contributed by atoms with Gasteiger partial charge in [0.1, 0.15) is 11.3 Å². The number of hydrogen-bond acceptors (Lipinski definition) is 3. The van der Waals surface area contributed by atoms with Crippen LogP contribution in [0.1, 0.15) is 11.3 Å². The van der Waals surface area contributed by atoms with Gasteiger partial charge in [-0.25, -0.2) is 0 Å². The zero-order valence-corrected chi connectivity index (χ0v) is 9.55. The third-order valence-electron chi connectivity index (χ3n) is 3.17. The molecule has 0 fully saturated rings. The summed E-state index contributed by atoms with van der Waals surface area (Å²) in [5, 5.41) is 5.28. The minimum Gasteiger partial charge on any atom is -0.456 e. The normalized spacial score (nSPS) is 13.6. The molecule has 1 aliphatic rings. The summed E-state index contributed by atoms with van der Waals surface area (Å²) in [5.41, 5.74) is 2.95. The Morgan fingerprint density at radius 1 is 1.00 bits per heavy atom. The molecule has 3 heteroatoms. The van der Waals surface area contributed by atoms with Gasteiger partial charge < -0.3 is 9.73 Å². The molecule has 1 aliphatic heterocycles. The van der Waals surface area contributed by atoms with E-state index >= 15 is 0 Å². The van der Waals surface area contributed by atoms with Gasteiger partial charge in [-0.05, 0) is 36.4 Å². The molecule has 0 unspecified atom stereocenters. The molecule has 1 aromatic carbocycles. The van der Waals surface area contributed by atoms with Crippen molar-refractivity contribution in [3.05, 3.63) is 54.2 Å². The molecule has 0 saturated heterocycles. The number of fused-ring (bicyclic) bond motifs is 4. The molecule has 18 heavy (non-hydrogen) atoms. The van der Waals surface area contributed by atoms with E-state index in [1.165, 1.54) is 0 Å². The lowest BCUT2D eigenvalue weighted by atomic mass is 10.1. The zero-order valence-electron chi connectivity index (χ0n) is 9.55. The van der Waals surface area contributed by atoms with E-state index in [4.69, 9.17) is 4.42 Å². The molecule has 4 rings (SSSR count). The van der Waals surface area contributed by atoms with Crippen LogP contribution in [-0.4, -0.2) is 4.98 Å². The lowest BCUT2D eigenvalue weighted by Gasteiger charge is -2.04. The average molecular weight is 234 g/mol. The Hall–Kier alpha value is -2.55. The Labute approximate surface area is 103 Å². The van der Waals surface area contributed by atoms with Crippen LogP contribution in [0.15, 0.2) is 47.3 Å². The first kappa shape index (κ1) is 9.48. The van der Waals surface area contributed by atoms with Gasteiger partial charge in [-0.1, -0.05) is 0 Å². The highest BCUT2D eigenvalue weighted by Crippen LogP contribution is 2.29. The van der Waals surface area contributed by atoms with Gasteiger partial charge in [0.05, 0.1) is 5.52 Å². The highest BCUT2D eigenvalue weighted by atomic mass is 16.3. The Bertz CT molecular complexity index is 812. The van der Waals surface area contributed by atoms with Gasteiger partial charge in [-0.15, -0.1) is 0 Å². The predicted molar refractivity (Wildman–Crippen MR) is 72.7 cm³/mol. The molecule has 0 saturated carbocycles. The van der Waals surface area contributed by atoms with Crippen LogP contribution < -0.4 is 5.32 Å². The number of rotatable bonds is 0. The molecule has 0 radical (unpaired) electrons. The van der Waals surface area contributed by atoms with Crippen LogP contribution in [0.25, 0.3) is 34.0 Å². The monoisotopic (exact) mass is 234 g/mol. The molecule has 3 nitrogen and oxygen atoms in total. The van der Waals surface area contributed by atoms with E-state index in [-0.39, 0.29) is 0 Å². The molecule has 0 spiro atoms. The Morgan fingerprint density at radius 3 is 2.94 bits per heavy atom. The summed E-state index contributed by atoms with van der Waals surface area (Å²) in [6.45, 7) is 0. The van der Waals surface area contributed by atoms with Crippen LogP contribution in [0.4, 0.5) is 0 Å². The average Bonchev–Trinajstić information content (AvgIpc) is 2.76. The maximum atomic E-state index is 5.94. The smallest absolute Gasteiger partial charge is 0.136 e. The first-order valence-electron chi connectivity index (χ1n) is 5.82. The molecule has 0 amide bonds. The number of hydrogen-bond donors (Lipinski definition) is 1. The van der Waals surface area contributed by atoms with Gasteiger partial charge in [0.15, 0.2) is 0 Å². The summed E-state index contributed by atoms with van der Waals surface area (Å²) in [6.07, 6.45) is 9.52. The second kappa shape index (κ2) is 3.47. The number of nitrogens with one attached hydrogen (secondary N) is 1. The lowest BCUT2D eigenvalue weighted by Crippen LogP contribution is -1.86. The van der Waals surface area contributed by atoms with E-state index in [1.54, 1.807) is 0 Å². The van der Waals surface area contributed by atoms with Gasteiger partial charge in [-0.2, -0.15) is 0 Å². The predicted octanol–water partition coefficient (Wildman–Crippen LogP) is 3.53. The molecule has 86 valence electrons. The molecule has 0 aliphatic carbocycles. The van der Waals surface area contributed by atoms with Gasteiger partial charge in [0.25, 0.3) is 0 Å². The quantitative estimate of drug-likeness (QED) is 0.646. The van der Waals surface area contributed by atoms with Crippen LogP contribution in [0.2, 0.25) is 0 Å². The van der Waals surface area contributed by atoms with Gasteiger partial charge in [0, 0.05) is 34.9 Å². The summed E-state index contributed by atoms with van der Waals surface area (Å²) < 4.78 is 5.94. The van der Waals surface area contributed by atoms with Crippen molar-refractivity contribution in [2.75, 3.05) is 0 Å². The van der Waals surface area contributed by atoms with Gasteiger partial charge in [-0.3, -0.25) is 4.98 Å². The van der Waals surface area contributed by atoms with Crippen LogP contribution in [-0.2, 0) is 0 Å². The second-order valence-electron chi connectivity index (χ2n) is 4.25. The van der Waals surface area contributed by atoms with Crippen molar-refractivity contribution in [2.45, 2.75) is 0 Å². The van der Waals surface area contributed by atoms with E-state index in [1.807, 2.05) is 48.9 Å². The first-order chi connectivity index (χ1) is 8.92. The standard InChI is InChI=1S/C15H10N2O/c1-2-15-12(11-4-8-17-13(1)11)9-10-3-6-16-7-5-14(10)18-15/h1-9,16H. The SMILES string of the molecule is C1=Cc2cc3c(ccc4nccc43)oc2C=CN1. The maximum Gasteiger partial charge on any atom is 0.136 e. The summed E-state index contributed by atoms with van der Waals surface area (Å²) in [4.78, 5) is 4.31. The molecule has 2 aromatic heterocycles. The van der Waals surface area contributed by atoms with Crippen molar-refractivity contribution in [2.24, 2.45) is 0 Å². The Morgan fingerprint density at radius 2 is 1.94 bits per heavy atom. The van der Waals surface area contributed by atoms with Crippen molar-refractivity contribution < 1.29 is 4.42 Å². The molecule has 1 N–H and O–H groups in total.